The fourth-order valence-electron chi connectivity index (χ4n) is 0.921. The third-order valence-electron chi connectivity index (χ3n) is 1.66. The Morgan fingerprint density at radius 2 is 2.00 bits per heavy atom. The van der Waals surface area contributed by atoms with Gasteiger partial charge in [0.05, 0.1) is 0 Å². The topological polar surface area (TPSA) is 41.6 Å². The maximum atomic E-state index is 3.97. The second-order valence-corrected chi connectivity index (χ2v) is 3.81. The molecule has 1 rings (SSSR count). The number of H-pyrrole nitrogens is 1. The minimum Gasteiger partial charge on any atom is -0.197 e. The molecule has 0 aliphatic carbocycles. The van der Waals surface area contributed by atoms with Gasteiger partial charge in [0.25, 0.3) is 0 Å². The predicted molar refractivity (Wildman–Crippen MR) is 71.6 cm³/mol. The molecular formula is C12H13N3S. The highest BCUT2D eigenvalue weighted by atomic mass is 32.2. The fourth-order valence-corrected chi connectivity index (χ4v) is 1.45. The third-order valence-corrected chi connectivity index (χ3v) is 2.37. The molecule has 0 unspecified atom stereocenters. The van der Waals surface area contributed by atoms with E-state index in [1.807, 2.05) is 23.6 Å². The lowest BCUT2D eigenvalue weighted by Crippen LogP contribution is -1.75. The summed E-state index contributed by atoms with van der Waals surface area (Å²) in [6, 6.07) is 0. The van der Waals surface area contributed by atoms with E-state index in [0.29, 0.717) is 0 Å². The minimum atomic E-state index is 0.740. The van der Waals surface area contributed by atoms with E-state index in [4.69, 9.17) is 0 Å². The van der Waals surface area contributed by atoms with Crippen LogP contribution in [-0.2, 0) is 0 Å². The Morgan fingerprint density at radius 1 is 1.25 bits per heavy atom. The van der Waals surface area contributed by atoms with Crippen LogP contribution in [0.1, 0.15) is 11.4 Å². The summed E-state index contributed by atoms with van der Waals surface area (Å²) < 4.78 is 0. The van der Waals surface area contributed by atoms with Crippen molar-refractivity contribution in [3.05, 3.63) is 59.7 Å². The summed E-state index contributed by atoms with van der Waals surface area (Å²) in [5.41, 5.74) is 1.51. The van der Waals surface area contributed by atoms with Gasteiger partial charge in [-0.25, -0.2) is 0 Å². The van der Waals surface area contributed by atoms with Crippen LogP contribution in [-0.4, -0.2) is 15.4 Å². The summed E-state index contributed by atoms with van der Waals surface area (Å²) in [6.45, 7) is 11.1. The van der Waals surface area contributed by atoms with Crippen LogP contribution < -0.4 is 0 Å². The maximum Gasteiger partial charge on any atom is 0.113 e. The Hall–Kier alpha value is -1.81. The van der Waals surface area contributed by atoms with Gasteiger partial charge in [0.15, 0.2) is 0 Å². The first kappa shape index (κ1) is 12.3. The Labute approximate surface area is 99.3 Å². The quantitative estimate of drug-likeness (QED) is 0.763. The number of allylic oxidation sites excluding steroid dienone is 3. The highest BCUT2D eigenvalue weighted by Crippen LogP contribution is 2.18. The molecule has 0 spiro atoms. The van der Waals surface area contributed by atoms with Crippen LogP contribution in [0, 0.1) is 0 Å². The molecule has 0 bridgehead atoms. The number of rotatable bonds is 6. The summed E-state index contributed by atoms with van der Waals surface area (Å²) in [7, 11) is 0. The van der Waals surface area contributed by atoms with Crippen molar-refractivity contribution in [3.63, 3.8) is 0 Å². The van der Waals surface area contributed by atoms with Crippen molar-refractivity contribution in [2.45, 2.75) is 0 Å². The number of hydrogen-bond donors (Lipinski definition) is 1. The molecule has 0 aliphatic rings. The molecule has 1 N–H and O–H groups in total. The smallest absolute Gasteiger partial charge is 0.113 e. The summed E-state index contributed by atoms with van der Waals surface area (Å²) in [6.07, 6.45) is 8.95. The second-order valence-electron chi connectivity index (χ2n) is 2.78. The zero-order valence-corrected chi connectivity index (χ0v) is 9.70. The van der Waals surface area contributed by atoms with Crippen LogP contribution in [0.5, 0.6) is 0 Å². The molecule has 1 heterocycles. The highest BCUT2D eigenvalue weighted by molar-refractivity contribution is 8.06. The molecular weight excluding hydrogens is 218 g/mol. The molecule has 0 radical (unpaired) electrons. The summed E-state index contributed by atoms with van der Waals surface area (Å²) in [4.78, 5) is 0.930. The van der Waals surface area contributed by atoms with E-state index >= 15 is 0 Å². The lowest BCUT2D eigenvalue weighted by atomic mass is 10.3. The first-order valence-corrected chi connectivity index (χ1v) is 5.50. The van der Waals surface area contributed by atoms with Crippen LogP contribution in [0.4, 0.5) is 0 Å². The molecule has 1 aromatic heterocycles. The molecule has 0 aromatic carbocycles. The van der Waals surface area contributed by atoms with Crippen LogP contribution in [0.3, 0.4) is 0 Å². The lowest BCUT2D eigenvalue weighted by Gasteiger charge is -1.91. The van der Waals surface area contributed by atoms with Crippen molar-refractivity contribution >= 4 is 23.9 Å². The normalized spacial score (nSPS) is 11.0. The van der Waals surface area contributed by atoms with Crippen molar-refractivity contribution in [3.8, 4) is 0 Å². The van der Waals surface area contributed by atoms with Gasteiger partial charge in [0.1, 0.15) is 11.4 Å². The van der Waals surface area contributed by atoms with Gasteiger partial charge in [-0.2, -0.15) is 15.4 Å². The molecule has 0 saturated carbocycles. The van der Waals surface area contributed by atoms with Gasteiger partial charge < -0.3 is 0 Å². The molecule has 0 atom stereocenters. The number of aromatic nitrogens is 3. The average Bonchev–Trinajstić information content (AvgIpc) is 2.74. The highest BCUT2D eigenvalue weighted by Gasteiger charge is 1.98. The minimum absolute atomic E-state index is 0.740. The molecule has 4 heteroatoms. The Morgan fingerprint density at radius 3 is 2.69 bits per heavy atom. The van der Waals surface area contributed by atoms with Crippen LogP contribution in [0.15, 0.2) is 48.3 Å². The van der Waals surface area contributed by atoms with E-state index < -0.39 is 0 Å². The molecule has 82 valence electrons. The van der Waals surface area contributed by atoms with E-state index in [-0.39, 0.29) is 0 Å². The summed E-state index contributed by atoms with van der Waals surface area (Å²) >= 11 is 1.51. The molecule has 0 amide bonds. The van der Waals surface area contributed by atoms with Gasteiger partial charge in [0, 0.05) is 4.91 Å². The van der Waals surface area contributed by atoms with E-state index in [9.17, 15) is 0 Å². The van der Waals surface area contributed by atoms with Crippen molar-refractivity contribution < 1.29 is 0 Å². The van der Waals surface area contributed by atoms with E-state index in [0.717, 1.165) is 16.3 Å². The van der Waals surface area contributed by atoms with Crippen molar-refractivity contribution in [2.75, 3.05) is 0 Å². The zero-order chi connectivity index (χ0) is 11.8. The maximum absolute atomic E-state index is 3.97. The SMILES string of the molecule is C=C/C=C\C(=C)S/C=C/c1n[nH]nc1C=C. The molecule has 1 aromatic rings. The Balaban J connectivity index is 2.55. The van der Waals surface area contributed by atoms with Crippen LogP contribution in [0.2, 0.25) is 0 Å². The van der Waals surface area contributed by atoms with Crippen molar-refractivity contribution in [1.29, 1.82) is 0 Å². The third kappa shape index (κ3) is 3.74. The number of nitrogens with one attached hydrogen (secondary N) is 1. The zero-order valence-electron chi connectivity index (χ0n) is 8.89. The van der Waals surface area contributed by atoms with Gasteiger partial charge in [-0.1, -0.05) is 43.7 Å². The van der Waals surface area contributed by atoms with Gasteiger partial charge in [-0.05, 0) is 23.6 Å². The van der Waals surface area contributed by atoms with E-state index in [2.05, 4.69) is 35.1 Å². The number of nitrogens with zero attached hydrogens (tertiary/aromatic N) is 2. The van der Waals surface area contributed by atoms with E-state index in [1.165, 1.54) is 11.8 Å². The molecule has 0 aliphatic heterocycles. The van der Waals surface area contributed by atoms with Gasteiger partial charge in [-0.15, -0.1) is 0 Å². The summed E-state index contributed by atoms with van der Waals surface area (Å²) in [5, 5.41) is 12.3. The van der Waals surface area contributed by atoms with Crippen molar-refractivity contribution in [2.24, 2.45) is 0 Å². The standard InChI is InChI=1S/C12H13N3S/c1-4-6-7-10(3)16-9-8-12-11(5-2)13-15-14-12/h4-9H,1-3H2,(H,13,14,15)/b7-6-,9-8+. The lowest BCUT2D eigenvalue weighted by molar-refractivity contribution is 0.935. The van der Waals surface area contributed by atoms with Crippen LogP contribution in [0.25, 0.3) is 12.2 Å². The predicted octanol–water partition coefficient (Wildman–Crippen LogP) is 3.41. The van der Waals surface area contributed by atoms with Crippen molar-refractivity contribution in [1.82, 2.24) is 15.4 Å². The first-order valence-electron chi connectivity index (χ1n) is 4.62. The largest absolute Gasteiger partial charge is 0.197 e. The molecule has 16 heavy (non-hydrogen) atoms. The molecule has 3 nitrogen and oxygen atoms in total. The Kier molecular flexibility index (Phi) is 5.08. The average molecular weight is 231 g/mol. The molecule has 0 saturated heterocycles. The molecule has 0 fully saturated rings. The van der Waals surface area contributed by atoms with Crippen LogP contribution >= 0.6 is 11.8 Å². The monoisotopic (exact) mass is 231 g/mol. The number of aromatic amines is 1. The fraction of sp³-hybridized carbons (Fsp3) is 0. The van der Waals surface area contributed by atoms with Gasteiger partial charge >= 0.3 is 0 Å². The van der Waals surface area contributed by atoms with Gasteiger partial charge in [-0.3, -0.25) is 0 Å². The number of thioether (sulfide) groups is 1. The first-order chi connectivity index (χ1) is 7.77. The van der Waals surface area contributed by atoms with E-state index in [1.54, 1.807) is 12.2 Å². The second kappa shape index (κ2) is 6.63. The van der Waals surface area contributed by atoms with Gasteiger partial charge in [0.2, 0.25) is 0 Å². The Bertz CT molecular complexity index is 441. The number of hydrogen-bond acceptors (Lipinski definition) is 3. The summed E-state index contributed by atoms with van der Waals surface area (Å²) in [5.74, 6) is 0.